The first kappa shape index (κ1) is 27.0. The van der Waals surface area contributed by atoms with Crippen molar-refractivity contribution in [2.75, 3.05) is 0 Å². The van der Waals surface area contributed by atoms with Crippen LogP contribution >= 0.6 is 0 Å². The van der Waals surface area contributed by atoms with E-state index in [1.807, 2.05) is 37.4 Å². The Morgan fingerprint density at radius 2 is 1.97 bits per heavy atom. The number of allylic oxidation sites excluding steroid dienone is 3. The van der Waals surface area contributed by atoms with Crippen LogP contribution in [-0.2, 0) is 4.79 Å². The van der Waals surface area contributed by atoms with E-state index in [0.717, 1.165) is 56.1 Å². The second-order valence-corrected chi connectivity index (χ2v) is 10.6. The molecule has 1 aromatic heterocycles. The average molecular weight is 477 g/mol. The summed E-state index contributed by atoms with van der Waals surface area (Å²) < 4.78 is 0. The summed E-state index contributed by atoms with van der Waals surface area (Å²) in [5.41, 5.74) is 7.05. The summed E-state index contributed by atoms with van der Waals surface area (Å²) >= 11 is 0. The summed E-state index contributed by atoms with van der Waals surface area (Å²) in [5.74, 6) is 0.0732. The number of rotatable bonds is 13. The van der Waals surface area contributed by atoms with Gasteiger partial charge in [-0.25, -0.2) is 0 Å². The molecule has 3 rings (SSSR count). The zero-order valence-electron chi connectivity index (χ0n) is 22.3. The van der Waals surface area contributed by atoms with Crippen molar-refractivity contribution in [2.45, 2.75) is 91.7 Å². The van der Waals surface area contributed by atoms with E-state index in [1.54, 1.807) is 0 Å². The minimum atomic E-state index is -0.722. The van der Waals surface area contributed by atoms with E-state index in [0.29, 0.717) is 0 Å². The van der Waals surface area contributed by atoms with E-state index in [4.69, 9.17) is 0 Å². The molecule has 1 fully saturated rings. The number of aryl methyl sites for hydroxylation is 3. The molecule has 1 aliphatic carbocycles. The number of H-pyrrole nitrogens is 1. The van der Waals surface area contributed by atoms with Crippen LogP contribution in [0.25, 0.3) is 5.57 Å². The Balaban J connectivity index is 1.70. The van der Waals surface area contributed by atoms with Gasteiger partial charge in [-0.1, -0.05) is 43.7 Å². The van der Waals surface area contributed by atoms with Crippen molar-refractivity contribution in [2.24, 2.45) is 11.3 Å². The number of carbonyl (C=O) groups excluding carboxylic acids is 1. The number of aromatic amines is 1. The molecular formula is C31H44N2O2. The summed E-state index contributed by atoms with van der Waals surface area (Å²) in [5, 5.41) is 14.1. The maximum atomic E-state index is 13.5. The van der Waals surface area contributed by atoms with Gasteiger partial charge in [-0.05, 0) is 106 Å². The third-order valence-corrected chi connectivity index (χ3v) is 7.96. The Labute approximate surface area is 211 Å². The van der Waals surface area contributed by atoms with E-state index in [1.165, 1.54) is 22.4 Å². The second-order valence-electron chi connectivity index (χ2n) is 10.6. The van der Waals surface area contributed by atoms with Crippen LogP contribution < -0.4 is 5.32 Å². The van der Waals surface area contributed by atoms with Crippen LogP contribution in [0.1, 0.15) is 92.8 Å². The van der Waals surface area contributed by atoms with Gasteiger partial charge in [-0.2, -0.15) is 0 Å². The van der Waals surface area contributed by atoms with E-state index >= 15 is 0 Å². The van der Waals surface area contributed by atoms with Gasteiger partial charge < -0.3 is 15.4 Å². The quantitative estimate of drug-likeness (QED) is 0.270. The molecule has 190 valence electrons. The largest absolute Gasteiger partial charge is 0.386 e. The van der Waals surface area contributed by atoms with Gasteiger partial charge in [0.1, 0.15) is 0 Å². The highest BCUT2D eigenvalue weighted by Crippen LogP contribution is 2.58. The van der Waals surface area contributed by atoms with E-state index in [2.05, 4.69) is 56.7 Å². The Hall–Kier alpha value is -2.59. The highest BCUT2D eigenvalue weighted by atomic mass is 16.3. The van der Waals surface area contributed by atoms with Crippen molar-refractivity contribution in [3.8, 4) is 0 Å². The molecular weight excluding hydrogens is 432 g/mol. The van der Waals surface area contributed by atoms with Gasteiger partial charge in [0.15, 0.2) is 0 Å². The number of aliphatic hydroxyl groups is 1. The zero-order valence-corrected chi connectivity index (χ0v) is 22.3. The smallest absolute Gasteiger partial charge is 0.223 e. The molecule has 0 spiro atoms. The second kappa shape index (κ2) is 11.9. The van der Waals surface area contributed by atoms with Crippen LogP contribution in [-0.4, -0.2) is 22.0 Å². The number of amides is 1. The van der Waals surface area contributed by atoms with Crippen LogP contribution in [0.2, 0.25) is 0 Å². The molecule has 2 aromatic rings. The summed E-state index contributed by atoms with van der Waals surface area (Å²) in [7, 11) is 0. The van der Waals surface area contributed by atoms with Crippen LogP contribution in [0.15, 0.2) is 49.2 Å². The Morgan fingerprint density at radius 3 is 2.54 bits per heavy atom. The van der Waals surface area contributed by atoms with Crippen molar-refractivity contribution >= 4 is 11.5 Å². The minimum absolute atomic E-state index is 0.0186. The standard InChI is InChI=1S/C31H44N2O2/c1-7-9-11-25(27-15-19-32-23(27)5)14-16-31(17-18-31)28(10-8-2)30(35)33-24(6)29(34)26-13-12-21(3)22(4)20-26/h7,11-13,15,19-20,24,28-29,32,34H,1,8-10,14,16-18H2,2-6H3,(H,33,35)/b25-11+/t24-,28+,29+/m0/s1. The van der Waals surface area contributed by atoms with Gasteiger partial charge in [-0.15, -0.1) is 6.58 Å². The Morgan fingerprint density at radius 1 is 1.23 bits per heavy atom. The fourth-order valence-electron chi connectivity index (χ4n) is 5.33. The molecule has 0 saturated heterocycles. The van der Waals surface area contributed by atoms with Gasteiger partial charge in [0, 0.05) is 17.8 Å². The zero-order chi connectivity index (χ0) is 25.6. The normalized spacial score (nSPS) is 17.5. The highest BCUT2D eigenvalue weighted by Gasteiger charge is 2.51. The molecule has 1 amide bonds. The summed E-state index contributed by atoms with van der Waals surface area (Å²) in [4.78, 5) is 16.8. The van der Waals surface area contributed by atoms with Crippen molar-refractivity contribution in [3.05, 3.63) is 77.1 Å². The number of aromatic nitrogens is 1. The predicted octanol–water partition coefficient (Wildman–Crippen LogP) is 7.11. The van der Waals surface area contributed by atoms with Gasteiger partial charge in [0.05, 0.1) is 12.1 Å². The molecule has 0 bridgehead atoms. The topological polar surface area (TPSA) is 65.1 Å². The average Bonchev–Trinajstić information content (AvgIpc) is 3.50. The number of aliphatic hydroxyl groups excluding tert-OH is 1. The maximum Gasteiger partial charge on any atom is 0.223 e. The van der Waals surface area contributed by atoms with E-state index in [9.17, 15) is 9.90 Å². The Bertz CT molecular complexity index is 1040. The number of carbonyl (C=O) groups is 1. The lowest BCUT2D eigenvalue weighted by Crippen LogP contribution is -2.43. The van der Waals surface area contributed by atoms with Crippen molar-refractivity contribution in [3.63, 3.8) is 0 Å². The van der Waals surface area contributed by atoms with Crippen molar-refractivity contribution in [1.29, 1.82) is 0 Å². The summed E-state index contributed by atoms with van der Waals surface area (Å²) in [6.07, 6.45) is 12.3. The SMILES string of the molecule is C=CC/C=C(\CCC1([C@H](CCC)C(=O)N[C@@H](C)[C@@H](O)c2ccc(C)c(C)c2)CC1)c1cc[nH]c1C. The number of hydrogen-bond acceptors (Lipinski definition) is 2. The first-order chi connectivity index (χ1) is 16.7. The molecule has 4 heteroatoms. The molecule has 1 heterocycles. The molecule has 1 saturated carbocycles. The monoisotopic (exact) mass is 476 g/mol. The minimum Gasteiger partial charge on any atom is -0.386 e. The van der Waals surface area contributed by atoms with Crippen LogP contribution in [0.4, 0.5) is 0 Å². The lowest BCUT2D eigenvalue weighted by atomic mass is 9.79. The molecule has 1 aliphatic rings. The third-order valence-electron chi connectivity index (χ3n) is 7.96. The molecule has 3 atom stereocenters. The summed E-state index contributed by atoms with van der Waals surface area (Å²) in [6, 6.07) is 7.82. The van der Waals surface area contributed by atoms with Gasteiger partial charge in [0.25, 0.3) is 0 Å². The van der Waals surface area contributed by atoms with Crippen LogP contribution in [0.3, 0.4) is 0 Å². The summed E-state index contributed by atoms with van der Waals surface area (Å²) in [6.45, 7) is 14.2. The predicted molar refractivity (Wildman–Crippen MR) is 146 cm³/mol. The molecule has 0 radical (unpaired) electrons. The number of hydrogen-bond donors (Lipinski definition) is 3. The number of benzene rings is 1. The van der Waals surface area contributed by atoms with Crippen LogP contribution in [0, 0.1) is 32.1 Å². The lowest BCUT2D eigenvalue weighted by molar-refractivity contribution is -0.129. The fraction of sp³-hybridized carbons (Fsp3) is 0.516. The van der Waals surface area contributed by atoms with Gasteiger partial charge in [0.2, 0.25) is 5.91 Å². The van der Waals surface area contributed by atoms with E-state index in [-0.39, 0.29) is 23.3 Å². The van der Waals surface area contributed by atoms with Crippen molar-refractivity contribution in [1.82, 2.24) is 10.3 Å². The molecule has 35 heavy (non-hydrogen) atoms. The molecule has 3 N–H and O–H groups in total. The maximum absolute atomic E-state index is 13.5. The molecule has 4 nitrogen and oxygen atoms in total. The lowest BCUT2D eigenvalue weighted by Gasteiger charge is -2.29. The van der Waals surface area contributed by atoms with Crippen LogP contribution in [0.5, 0.6) is 0 Å². The first-order valence-corrected chi connectivity index (χ1v) is 13.2. The highest BCUT2D eigenvalue weighted by molar-refractivity contribution is 5.80. The van der Waals surface area contributed by atoms with E-state index < -0.39 is 6.10 Å². The fourth-order valence-corrected chi connectivity index (χ4v) is 5.33. The van der Waals surface area contributed by atoms with Gasteiger partial charge >= 0.3 is 0 Å². The molecule has 0 aliphatic heterocycles. The Kier molecular flexibility index (Phi) is 9.18. The van der Waals surface area contributed by atoms with Gasteiger partial charge in [-0.3, -0.25) is 4.79 Å². The number of nitrogens with one attached hydrogen (secondary N) is 2. The third kappa shape index (κ3) is 6.55. The first-order valence-electron chi connectivity index (χ1n) is 13.2. The van der Waals surface area contributed by atoms with Crippen molar-refractivity contribution < 1.29 is 9.90 Å². The molecule has 1 aromatic carbocycles. The molecule has 0 unspecified atom stereocenters.